The molecule has 106 valence electrons. The Morgan fingerprint density at radius 3 is 2.53 bits per heavy atom. The van der Waals surface area contributed by atoms with Crippen molar-refractivity contribution in [3.05, 3.63) is 23.8 Å². The molecule has 0 aliphatic heterocycles. The van der Waals surface area contributed by atoms with E-state index in [0.717, 1.165) is 20.2 Å². The van der Waals surface area contributed by atoms with Gasteiger partial charge in [-0.3, -0.25) is 4.79 Å². The molecule has 0 amide bonds. The summed E-state index contributed by atoms with van der Waals surface area (Å²) >= 11 is 0. The maximum atomic E-state index is 13.5. The summed E-state index contributed by atoms with van der Waals surface area (Å²) < 4.78 is 55.4. The van der Waals surface area contributed by atoms with Crippen molar-refractivity contribution in [3.8, 4) is 0 Å². The summed E-state index contributed by atoms with van der Waals surface area (Å²) in [5.41, 5.74) is 5.02. The van der Waals surface area contributed by atoms with Gasteiger partial charge in [0.25, 0.3) is 0 Å². The number of halogens is 2. The van der Waals surface area contributed by atoms with Crippen LogP contribution in [-0.4, -0.2) is 39.4 Å². The van der Waals surface area contributed by atoms with Gasteiger partial charge in [-0.25, -0.2) is 17.2 Å². The van der Waals surface area contributed by atoms with Crippen LogP contribution in [0.2, 0.25) is 0 Å². The van der Waals surface area contributed by atoms with Crippen molar-refractivity contribution in [1.82, 2.24) is 4.31 Å². The number of ether oxygens (including phenoxy) is 1. The van der Waals surface area contributed by atoms with Gasteiger partial charge in [0.1, 0.15) is 11.4 Å². The quantitative estimate of drug-likeness (QED) is 0.639. The first-order valence-electron chi connectivity index (χ1n) is 4.97. The summed E-state index contributed by atoms with van der Waals surface area (Å²) in [5, 5.41) is 0. The van der Waals surface area contributed by atoms with Crippen LogP contribution in [0.4, 0.5) is 14.5 Å². The summed E-state index contributed by atoms with van der Waals surface area (Å²) in [4.78, 5) is 10.1. The predicted molar refractivity (Wildman–Crippen MR) is 62.6 cm³/mol. The molecular weight excluding hydrogens is 282 g/mol. The topological polar surface area (TPSA) is 89.7 Å². The number of hydrogen-bond donors (Lipinski definition) is 1. The van der Waals surface area contributed by atoms with E-state index in [9.17, 15) is 22.0 Å². The Labute approximate surface area is 108 Å². The summed E-state index contributed by atoms with van der Waals surface area (Å²) in [5.74, 6) is -3.77. The molecule has 1 aromatic carbocycles. The number of benzene rings is 1. The fourth-order valence-corrected chi connectivity index (χ4v) is 2.49. The molecule has 0 radical (unpaired) electrons. The van der Waals surface area contributed by atoms with E-state index in [1.807, 2.05) is 0 Å². The zero-order chi connectivity index (χ0) is 14.8. The van der Waals surface area contributed by atoms with Gasteiger partial charge in [0.05, 0.1) is 7.11 Å². The van der Waals surface area contributed by atoms with Crippen LogP contribution in [-0.2, 0) is 19.6 Å². The number of carbonyl (C=O) groups excluding carboxylic acids is 1. The average molecular weight is 294 g/mol. The Balaban J connectivity index is 3.24. The minimum Gasteiger partial charge on any atom is -0.468 e. The highest BCUT2D eigenvalue weighted by atomic mass is 32.2. The standard InChI is InChI=1S/C10H12F2N2O4S/c1-14(5-9(15)18-2)19(16,17)8-4-6(13)3-7(11)10(8)12/h3-4H,5,13H2,1-2H3. The van der Waals surface area contributed by atoms with Crippen molar-refractivity contribution in [3.63, 3.8) is 0 Å². The Bertz CT molecular complexity index is 604. The Morgan fingerprint density at radius 1 is 1.42 bits per heavy atom. The Morgan fingerprint density at radius 2 is 2.00 bits per heavy atom. The minimum absolute atomic E-state index is 0.246. The first kappa shape index (κ1) is 15.3. The third kappa shape index (κ3) is 3.18. The molecule has 0 heterocycles. The van der Waals surface area contributed by atoms with E-state index in [1.165, 1.54) is 0 Å². The van der Waals surface area contributed by atoms with Gasteiger partial charge in [-0.05, 0) is 12.1 Å². The van der Waals surface area contributed by atoms with Crippen LogP contribution in [0.1, 0.15) is 0 Å². The normalized spacial score (nSPS) is 11.6. The third-order valence-electron chi connectivity index (χ3n) is 2.28. The second-order valence-corrected chi connectivity index (χ2v) is 5.67. The third-order valence-corrected chi connectivity index (χ3v) is 4.09. The minimum atomic E-state index is -4.38. The number of methoxy groups -OCH3 is 1. The number of esters is 1. The number of sulfonamides is 1. The lowest BCUT2D eigenvalue weighted by Crippen LogP contribution is -2.33. The molecule has 0 fully saturated rings. The number of anilines is 1. The van der Waals surface area contributed by atoms with Crippen molar-refractivity contribution < 1.29 is 26.7 Å². The molecule has 2 N–H and O–H groups in total. The molecule has 9 heteroatoms. The number of nitrogens with zero attached hydrogens (tertiary/aromatic N) is 1. The summed E-state index contributed by atoms with van der Waals surface area (Å²) in [6.45, 7) is -0.630. The highest BCUT2D eigenvalue weighted by molar-refractivity contribution is 7.89. The molecule has 1 aromatic rings. The lowest BCUT2D eigenvalue weighted by atomic mass is 10.3. The van der Waals surface area contributed by atoms with E-state index in [0.29, 0.717) is 10.4 Å². The van der Waals surface area contributed by atoms with Crippen molar-refractivity contribution in [2.24, 2.45) is 0 Å². The first-order chi connectivity index (χ1) is 8.70. The Hall–Kier alpha value is -1.74. The SMILES string of the molecule is COC(=O)CN(C)S(=O)(=O)c1cc(N)cc(F)c1F. The average Bonchev–Trinajstić information content (AvgIpc) is 2.33. The predicted octanol–water partition coefficient (Wildman–Crippen LogP) is 0.341. The van der Waals surface area contributed by atoms with E-state index in [2.05, 4.69) is 4.74 Å². The molecule has 0 spiro atoms. The van der Waals surface area contributed by atoms with Crippen molar-refractivity contribution in [2.45, 2.75) is 4.90 Å². The number of nitrogens with two attached hydrogens (primary N) is 1. The van der Waals surface area contributed by atoms with Crippen LogP contribution >= 0.6 is 0 Å². The molecule has 0 saturated heterocycles. The molecule has 0 saturated carbocycles. The van der Waals surface area contributed by atoms with Crippen LogP contribution in [0.5, 0.6) is 0 Å². The van der Waals surface area contributed by atoms with Crippen LogP contribution in [0.3, 0.4) is 0 Å². The monoisotopic (exact) mass is 294 g/mol. The number of hydrogen-bond acceptors (Lipinski definition) is 5. The van der Waals surface area contributed by atoms with Gasteiger partial charge in [-0.15, -0.1) is 0 Å². The zero-order valence-corrected chi connectivity index (χ0v) is 11.0. The second kappa shape index (κ2) is 5.49. The van der Waals surface area contributed by atoms with Crippen molar-refractivity contribution in [2.75, 3.05) is 26.4 Å². The van der Waals surface area contributed by atoms with Gasteiger partial charge < -0.3 is 10.5 Å². The summed E-state index contributed by atoms with van der Waals surface area (Å²) in [6.07, 6.45) is 0. The van der Waals surface area contributed by atoms with Gasteiger partial charge in [-0.2, -0.15) is 4.31 Å². The van der Waals surface area contributed by atoms with E-state index in [1.54, 1.807) is 0 Å². The number of likely N-dealkylation sites (N-methyl/N-ethyl adjacent to an activating group) is 1. The van der Waals surface area contributed by atoms with Crippen LogP contribution in [0.25, 0.3) is 0 Å². The van der Waals surface area contributed by atoms with E-state index >= 15 is 0 Å². The number of carbonyl (C=O) groups is 1. The van der Waals surface area contributed by atoms with Crippen molar-refractivity contribution >= 4 is 21.7 Å². The number of nitrogen functional groups attached to an aromatic ring is 1. The highest BCUT2D eigenvalue weighted by Crippen LogP contribution is 2.23. The molecule has 6 nitrogen and oxygen atoms in total. The van der Waals surface area contributed by atoms with Crippen molar-refractivity contribution in [1.29, 1.82) is 0 Å². The van der Waals surface area contributed by atoms with Gasteiger partial charge in [0.15, 0.2) is 11.6 Å². The molecule has 0 atom stereocenters. The molecular formula is C10H12F2N2O4S. The van der Waals surface area contributed by atoms with Crippen LogP contribution in [0, 0.1) is 11.6 Å². The van der Waals surface area contributed by atoms with Gasteiger partial charge in [0, 0.05) is 12.7 Å². The summed E-state index contributed by atoms with van der Waals surface area (Å²) in [7, 11) is -2.27. The Kier molecular flexibility index (Phi) is 4.43. The van der Waals surface area contributed by atoms with Gasteiger partial charge in [0.2, 0.25) is 10.0 Å². The van der Waals surface area contributed by atoms with E-state index < -0.39 is 39.1 Å². The van der Waals surface area contributed by atoms with Crippen LogP contribution in [0.15, 0.2) is 17.0 Å². The maximum Gasteiger partial charge on any atom is 0.321 e. The molecule has 0 bridgehead atoms. The highest BCUT2D eigenvalue weighted by Gasteiger charge is 2.28. The maximum absolute atomic E-state index is 13.5. The molecule has 0 unspecified atom stereocenters. The van der Waals surface area contributed by atoms with Gasteiger partial charge in [-0.1, -0.05) is 0 Å². The fourth-order valence-electron chi connectivity index (χ4n) is 1.27. The lowest BCUT2D eigenvalue weighted by molar-refractivity contribution is -0.140. The fraction of sp³-hybridized carbons (Fsp3) is 0.300. The van der Waals surface area contributed by atoms with Gasteiger partial charge >= 0.3 is 5.97 Å². The molecule has 19 heavy (non-hydrogen) atoms. The van der Waals surface area contributed by atoms with E-state index in [-0.39, 0.29) is 5.69 Å². The smallest absolute Gasteiger partial charge is 0.321 e. The van der Waals surface area contributed by atoms with E-state index in [4.69, 9.17) is 5.73 Å². The molecule has 0 aliphatic rings. The second-order valence-electron chi connectivity index (χ2n) is 3.65. The zero-order valence-electron chi connectivity index (χ0n) is 10.2. The molecule has 0 aromatic heterocycles. The van der Waals surface area contributed by atoms with Crippen LogP contribution < -0.4 is 5.73 Å². The molecule has 0 aliphatic carbocycles. The lowest BCUT2D eigenvalue weighted by Gasteiger charge is -2.16. The molecule has 1 rings (SSSR count). The summed E-state index contributed by atoms with van der Waals surface area (Å²) in [6, 6.07) is 1.44. The first-order valence-corrected chi connectivity index (χ1v) is 6.41. The largest absolute Gasteiger partial charge is 0.468 e. The number of rotatable bonds is 4.